The van der Waals surface area contributed by atoms with Crippen molar-refractivity contribution < 1.29 is 9.59 Å². The van der Waals surface area contributed by atoms with Crippen LogP contribution in [-0.4, -0.2) is 91.8 Å². The Labute approximate surface area is 118 Å². The number of amides is 3. The van der Waals surface area contributed by atoms with Gasteiger partial charge in [0.25, 0.3) is 0 Å². The maximum atomic E-state index is 11.8. The summed E-state index contributed by atoms with van der Waals surface area (Å²) in [5.41, 5.74) is 0. The van der Waals surface area contributed by atoms with E-state index in [-0.39, 0.29) is 30.3 Å². The molecule has 3 N–H and O–H groups in total. The van der Waals surface area contributed by atoms with Gasteiger partial charge in [0.15, 0.2) is 0 Å². The van der Waals surface area contributed by atoms with E-state index in [2.05, 4.69) is 32.8 Å². The summed E-state index contributed by atoms with van der Waals surface area (Å²) in [6.45, 7) is 5.05. The van der Waals surface area contributed by atoms with Gasteiger partial charge >= 0.3 is 6.03 Å². The first-order chi connectivity index (χ1) is 9.54. The lowest BCUT2D eigenvalue weighted by Crippen LogP contribution is -2.64. The standard InChI is InChI=1S/C12H22N6O2/c1-16-3-5-18(6-4-16)7-8-13-9-10(14-8)17(2)12(20)15-11(9)19/h8-10,13-14H,3-7H2,1-2H3,(H,15,19,20). The molecular weight excluding hydrogens is 260 g/mol. The maximum absolute atomic E-state index is 11.8. The lowest BCUT2D eigenvalue weighted by atomic mass is 10.2. The molecule has 20 heavy (non-hydrogen) atoms. The predicted octanol–water partition coefficient (Wildman–Crippen LogP) is -2.37. The first kappa shape index (κ1) is 13.7. The van der Waals surface area contributed by atoms with Crippen LogP contribution in [0.3, 0.4) is 0 Å². The third-order valence-electron chi connectivity index (χ3n) is 4.36. The van der Waals surface area contributed by atoms with Gasteiger partial charge in [-0.25, -0.2) is 4.79 Å². The molecule has 3 amide bonds. The molecule has 3 saturated heterocycles. The monoisotopic (exact) mass is 282 g/mol. The van der Waals surface area contributed by atoms with Gasteiger partial charge in [0.05, 0.1) is 6.17 Å². The number of urea groups is 1. The highest BCUT2D eigenvalue weighted by molar-refractivity contribution is 6.00. The van der Waals surface area contributed by atoms with Crippen molar-refractivity contribution in [3.05, 3.63) is 0 Å². The molecule has 3 rings (SSSR count). The van der Waals surface area contributed by atoms with Crippen molar-refractivity contribution in [1.29, 1.82) is 0 Å². The van der Waals surface area contributed by atoms with Crippen molar-refractivity contribution >= 4 is 11.9 Å². The second-order valence-electron chi connectivity index (χ2n) is 5.82. The van der Waals surface area contributed by atoms with Crippen LogP contribution in [0.5, 0.6) is 0 Å². The lowest BCUT2D eigenvalue weighted by molar-refractivity contribution is -0.124. The van der Waals surface area contributed by atoms with Crippen LogP contribution in [0.2, 0.25) is 0 Å². The van der Waals surface area contributed by atoms with E-state index in [1.54, 1.807) is 11.9 Å². The Kier molecular flexibility index (Phi) is 3.63. The quantitative estimate of drug-likeness (QED) is 0.525. The number of nitrogens with zero attached hydrogens (tertiary/aromatic N) is 3. The normalized spacial score (nSPS) is 36.1. The molecule has 3 heterocycles. The highest BCUT2D eigenvalue weighted by Gasteiger charge is 2.46. The highest BCUT2D eigenvalue weighted by atomic mass is 16.2. The number of rotatable bonds is 2. The molecule has 112 valence electrons. The zero-order valence-corrected chi connectivity index (χ0v) is 11.9. The molecule has 3 atom stereocenters. The average molecular weight is 282 g/mol. The minimum Gasteiger partial charge on any atom is -0.310 e. The van der Waals surface area contributed by atoms with E-state index in [1.807, 2.05) is 0 Å². The van der Waals surface area contributed by atoms with Gasteiger partial charge < -0.3 is 9.80 Å². The summed E-state index contributed by atoms with van der Waals surface area (Å²) >= 11 is 0. The van der Waals surface area contributed by atoms with Crippen LogP contribution in [0.25, 0.3) is 0 Å². The second-order valence-corrected chi connectivity index (χ2v) is 5.82. The Hall–Kier alpha value is -1.22. The zero-order chi connectivity index (χ0) is 14.3. The topological polar surface area (TPSA) is 80.0 Å². The lowest BCUT2D eigenvalue weighted by Gasteiger charge is -2.34. The molecule has 0 saturated carbocycles. The molecule has 8 nitrogen and oxygen atoms in total. The van der Waals surface area contributed by atoms with Crippen LogP contribution in [0.15, 0.2) is 0 Å². The molecule has 0 bridgehead atoms. The van der Waals surface area contributed by atoms with Crippen molar-refractivity contribution in [2.45, 2.75) is 18.4 Å². The first-order valence-corrected chi connectivity index (χ1v) is 7.05. The molecular formula is C12H22N6O2. The summed E-state index contributed by atoms with van der Waals surface area (Å²) in [6, 6.07) is -0.707. The van der Waals surface area contributed by atoms with E-state index in [1.165, 1.54) is 0 Å². The van der Waals surface area contributed by atoms with Crippen LogP contribution in [0.4, 0.5) is 4.79 Å². The summed E-state index contributed by atoms with van der Waals surface area (Å²) in [5.74, 6) is -0.244. The Morgan fingerprint density at radius 1 is 1.10 bits per heavy atom. The number of nitrogens with one attached hydrogen (secondary N) is 3. The summed E-state index contributed by atoms with van der Waals surface area (Å²) in [6.07, 6.45) is -0.221. The van der Waals surface area contributed by atoms with Crippen molar-refractivity contribution in [2.75, 3.05) is 46.8 Å². The predicted molar refractivity (Wildman–Crippen MR) is 72.9 cm³/mol. The number of piperazine rings is 1. The van der Waals surface area contributed by atoms with Gasteiger partial charge in [-0.05, 0) is 7.05 Å². The fourth-order valence-electron chi connectivity index (χ4n) is 3.00. The third-order valence-corrected chi connectivity index (χ3v) is 4.36. The molecule has 0 spiro atoms. The molecule has 0 aromatic rings. The molecule has 0 aromatic carbocycles. The average Bonchev–Trinajstić information content (AvgIpc) is 2.83. The van der Waals surface area contributed by atoms with Crippen molar-refractivity contribution in [3.8, 4) is 0 Å². The minimum absolute atomic E-state index is 0.0347. The minimum atomic E-state index is -0.366. The molecule has 0 radical (unpaired) electrons. The number of hydrogen-bond acceptors (Lipinski definition) is 6. The molecule has 3 aliphatic rings. The number of likely N-dealkylation sites (N-methyl/N-ethyl adjacent to an activating group) is 2. The maximum Gasteiger partial charge on any atom is 0.325 e. The molecule has 0 aliphatic carbocycles. The van der Waals surface area contributed by atoms with Crippen LogP contribution < -0.4 is 16.0 Å². The van der Waals surface area contributed by atoms with Gasteiger partial charge in [0.1, 0.15) is 12.2 Å². The van der Waals surface area contributed by atoms with E-state index in [4.69, 9.17) is 0 Å². The van der Waals surface area contributed by atoms with Gasteiger partial charge in [0, 0.05) is 39.8 Å². The smallest absolute Gasteiger partial charge is 0.310 e. The van der Waals surface area contributed by atoms with E-state index in [0.717, 1.165) is 32.7 Å². The van der Waals surface area contributed by atoms with Crippen molar-refractivity contribution in [3.63, 3.8) is 0 Å². The fourth-order valence-corrected chi connectivity index (χ4v) is 3.00. The van der Waals surface area contributed by atoms with Crippen molar-refractivity contribution in [2.24, 2.45) is 0 Å². The largest absolute Gasteiger partial charge is 0.325 e. The van der Waals surface area contributed by atoms with Gasteiger partial charge in [-0.3, -0.25) is 25.6 Å². The van der Waals surface area contributed by atoms with E-state index < -0.39 is 0 Å². The Morgan fingerprint density at radius 3 is 2.50 bits per heavy atom. The molecule has 8 heteroatoms. The molecule has 3 fully saturated rings. The SMILES string of the molecule is CN1CCN(CC2NC3C(=O)NC(=O)N(C)C3N2)CC1. The van der Waals surface area contributed by atoms with Gasteiger partial charge in [0.2, 0.25) is 5.91 Å². The highest BCUT2D eigenvalue weighted by Crippen LogP contribution is 2.14. The number of hydrogen-bond donors (Lipinski definition) is 3. The molecule has 3 aliphatic heterocycles. The van der Waals surface area contributed by atoms with E-state index in [9.17, 15) is 9.59 Å². The van der Waals surface area contributed by atoms with Gasteiger partial charge in [-0.15, -0.1) is 0 Å². The van der Waals surface area contributed by atoms with Gasteiger partial charge in [-0.1, -0.05) is 0 Å². The van der Waals surface area contributed by atoms with E-state index in [0.29, 0.717) is 0 Å². The van der Waals surface area contributed by atoms with Crippen LogP contribution >= 0.6 is 0 Å². The number of carbonyl (C=O) groups is 2. The number of carbonyl (C=O) groups excluding carboxylic acids is 2. The fraction of sp³-hybridized carbons (Fsp3) is 0.833. The summed E-state index contributed by atoms with van der Waals surface area (Å²) in [5, 5.41) is 8.98. The van der Waals surface area contributed by atoms with E-state index >= 15 is 0 Å². The molecule has 3 unspecified atom stereocenters. The Morgan fingerprint density at radius 2 is 1.80 bits per heavy atom. The zero-order valence-electron chi connectivity index (χ0n) is 11.9. The van der Waals surface area contributed by atoms with Crippen molar-refractivity contribution in [1.82, 2.24) is 30.7 Å². The van der Waals surface area contributed by atoms with Crippen LogP contribution in [0.1, 0.15) is 0 Å². The van der Waals surface area contributed by atoms with Gasteiger partial charge in [-0.2, -0.15) is 0 Å². The summed E-state index contributed by atoms with van der Waals surface area (Å²) in [4.78, 5) is 29.7. The first-order valence-electron chi connectivity index (χ1n) is 7.05. The third kappa shape index (κ3) is 2.51. The Bertz CT molecular complexity index is 409. The van der Waals surface area contributed by atoms with Crippen LogP contribution in [-0.2, 0) is 4.79 Å². The summed E-state index contributed by atoms with van der Waals surface area (Å²) < 4.78 is 0. The Balaban J connectivity index is 1.58. The summed E-state index contributed by atoms with van der Waals surface area (Å²) in [7, 11) is 3.83. The molecule has 0 aromatic heterocycles. The second kappa shape index (κ2) is 5.28. The number of fused-ring (bicyclic) bond motifs is 1. The number of imide groups is 1. The van der Waals surface area contributed by atoms with Crippen LogP contribution in [0, 0.1) is 0 Å².